The zero-order chi connectivity index (χ0) is 16.2. The van der Waals surface area contributed by atoms with Crippen LogP contribution in [0.5, 0.6) is 0 Å². The van der Waals surface area contributed by atoms with Gasteiger partial charge in [-0.2, -0.15) is 0 Å². The molecule has 0 aliphatic rings. The highest BCUT2D eigenvalue weighted by Crippen LogP contribution is 2.24. The molecule has 1 atom stereocenters. The van der Waals surface area contributed by atoms with Gasteiger partial charge in [-0.15, -0.1) is 10.2 Å². The number of ether oxygens (including phenoxy) is 1. The minimum Gasteiger partial charge on any atom is -0.377 e. The van der Waals surface area contributed by atoms with Gasteiger partial charge in [0, 0.05) is 18.2 Å². The molecule has 3 rings (SSSR count). The summed E-state index contributed by atoms with van der Waals surface area (Å²) >= 11 is 0. The first-order chi connectivity index (χ1) is 11.2. The molecule has 4 heteroatoms. The predicted molar refractivity (Wildman–Crippen MR) is 88.3 cm³/mol. The topological polar surface area (TPSA) is 35.0 Å². The van der Waals surface area contributed by atoms with E-state index in [-0.39, 0.29) is 11.9 Å². The fraction of sp³-hybridized carbons (Fsp3) is 0.158. The smallest absolute Gasteiger partial charge is 0.123 e. The lowest BCUT2D eigenvalue weighted by molar-refractivity contribution is 0.119. The second-order valence-corrected chi connectivity index (χ2v) is 5.31. The number of aromatic nitrogens is 2. The highest BCUT2D eigenvalue weighted by atomic mass is 19.1. The SMILES string of the molecule is CO[C@H](C)c1cccc(-c2ccc(-c3ccc(F)cc3)nn2)c1. The Kier molecular flexibility index (Phi) is 4.44. The van der Waals surface area contributed by atoms with Crippen LogP contribution in [0.25, 0.3) is 22.5 Å². The van der Waals surface area contributed by atoms with Crippen LogP contribution in [0.15, 0.2) is 60.7 Å². The number of hydrogen-bond donors (Lipinski definition) is 0. The van der Waals surface area contributed by atoms with Gasteiger partial charge in [0.2, 0.25) is 0 Å². The van der Waals surface area contributed by atoms with Crippen molar-refractivity contribution < 1.29 is 9.13 Å². The average molecular weight is 308 g/mol. The van der Waals surface area contributed by atoms with Crippen molar-refractivity contribution in [2.45, 2.75) is 13.0 Å². The van der Waals surface area contributed by atoms with Crippen LogP contribution in [0.4, 0.5) is 4.39 Å². The number of halogens is 1. The van der Waals surface area contributed by atoms with Gasteiger partial charge in [0.1, 0.15) is 5.82 Å². The minimum absolute atomic E-state index is 0.0291. The van der Waals surface area contributed by atoms with Crippen LogP contribution in [-0.4, -0.2) is 17.3 Å². The molecule has 23 heavy (non-hydrogen) atoms. The molecular weight excluding hydrogens is 291 g/mol. The van der Waals surface area contributed by atoms with Gasteiger partial charge < -0.3 is 4.74 Å². The first-order valence-electron chi connectivity index (χ1n) is 7.40. The number of rotatable bonds is 4. The Morgan fingerprint density at radius 2 is 1.52 bits per heavy atom. The van der Waals surface area contributed by atoms with Crippen LogP contribution in [0, 0.1) is 5.82 Å². The molecule has 0 fully saturated rings. The van der Waals surface area contributed by atoms with Crippen molar-refractivity contribution in [2.24, 2.45) is 0 Å². The van der Waals surface area contributed by atoms with Gasteiger partial charge in [-0.25, -0.2) is 4.39 Å². The van der Waals surface area contributed by atoms with Gasteiger partial charge >= 0.3 is 0 Å². The van der Waals surface area contributed by atoms with E-state index in [0.717, 1.165) is 28.1 Å². The van der Waals surface area contributed by atoms with Crippen molar-refractivity contribution in [3.63, 3.8) is 0 Å². The van der Waals surface area contributed by atoms with E-state index in [1.54, 1.807) is 19.2 Å². The zero-order valence-electron chi connectivity index (χ0n) is 13.0. The molecule has 0 aliphatic heterocycles. The molecule has 1 aromatic heterocycles. The van der Waals surface area contributed by atoms with Crippen LogP contribution in [0.1, 0.15) is 18.6 Å². The first kappa shape index (κ1) is 15.3. The number of methoxy groups -OCH3 is 1. The van der Waals surface area contributed by atoms with Crippen LogP contribution < -0.4 is 0 Å². The predicted octanol–water partition coefficient (Wildman–Crippen LogP) is 4.66. The average Bonchev–Trinajstić information content (AvgIpc) is 2.62. The fourth-order valence-corrected chi connectivity index (χ4v) is 2.35. The third-order valence-electron chi connectivity index (χ3n) is 3.81. The molecule has 0 N–H and O–H groups in total. The van der Waals surface area contributed by atoms with Gasteiger partial charge in [-0.3, -0.25) is 0 Å². The molecule has 0 amide bonds. The molecule has 0 unspecified atom stereocenters. The Hall–Kier alpha value is -2.59. The summed E-state index contributed by atoms with van der Waals surface area (Å²) in [5.74, 6) is -0.262. The number of nitrogens with zero attached hydrogens (tertiary/aromatic N) is 2. The van der Waals surface area contributed by atoms with E-state index < -0.39 is 0 Å². The molecule has 0 bridgehead atoms. The summed E-state index contributed by atoms with van der Waals surface area (Å²) in [6.07, 6.45) is 0.0291. The monoisotopic (exact) mass is 308 g/mol. The van der Waals surface area contributed by atoms with E-state index in [1.165, 1.54) is 12.1 Å². The Morgan fingerprint density at radius 3 is 2.13 bits per heavy atom. The summed E-state index contributed by atoms with van der Waals surface area (Å²) < 4.78 is 18.3. The van der Waals surface area contributed by atoms with Gasteiger partial charge in [0.15, 0.2) is 0 Å². The lowest BCUT2D eigenvalue weighted by atomic mass is 10.0. The van der Waals surface area contributed by atoms with Crippen LogP contribution >= 0.6 is 0 Å². The van der Waals surface area contributed by atoms with E-state index in [1.807, 2.05) is 37.3 Å². The van der Waals surface area contributed by atoms with Crippen molar-refractivity contribution >= 4 is 0 Å². The number of benzene rings is 2. The Morgan fingerprint density at radius 1 is 0.870 bits per heavy atom. The summed E-state index contributed by atoms with van der Waals surface area (Å²) in [7, 11) is 1.69. The normalized spacial score (nSPS) is 12.1. The van der Waals surface area contributed by atoms with Crippen LogP contribution in [-0.2, 0) is 4.74 Å². The molecule has 0 spiro atoms. The summed E-state index contributed by atoms with van der Waals surface area (Å²) in [5.41, 5.74) is 4.43. The highest BCUT2D eigenvalue weighted by molar-refractivity contribution is 5.64. The lowest BCUT2D eigenvalue weighted by Crippen LogP contribution is -1.96. The largest absolute Gasteiger partial charge is 0.377 e. The molecule has 0 saturated carbocycles. The van der Waals surface area contributed by atoms with E-state index >= 15 is 0 Å². The first-order valence-corrected chi connectivity index (χ1v) is 7.40. The molecule has 0 saturated heterocycles. The summed E-state index contributed by atoms with van der Waals surface area (Å²) in [5, 5.41) is 8.54. The Bertz CT molecular complexity index is 785. The molecule has 2 aromatic carbocycles. The van der Waals surface area contributed by atoms with Crippen LogP contribution in [0.3, 0.4) is 0 Å². The van der Waals surface area contributed by atoms with Crippen molar-refractivity contribution in [3.8, 4) is 22.5 Å². The summed E-state index contributed by atoms with van der Waals surface area (Å²) in [6.45, 7) is 2.00. The van der Waals surface area contributed by atoms with Crippen molar-refractivity contribution in [3.05, 3.63) is 72.0 Å². The van der Waals surface area contributed by atoms with Gasteiger partial charge in [0.25, 0.3) is 0 Å². The molecule has 0 radical (unpaired) electrons. The van der Waals surface area contributed by atoms with Crippen LogP contribution in [0.2, 0.25) is 0 Å². The van der Waals surface area contributed by atoms with Gasteiger partial charge in [-0.1, -0.05) is 18.2 Å². The van der Waals surface area contributed by atoms with E-state index in [4.69, 9.17) is 4.74 Å². The van der Waals surface area contributed by atoms with Gasteiger partial charge in [-0.05, 0) is 55.0 Å². The summed E-state index contributed by atoms with van der Waals surface area (Å²) in [4.78, 5) is 0. The van der Waals surface area contributed by atoms with E-state index in [9.17, 15) is 4.39 Å². The maximum Gasteiger partial charge on any atom is 0.123 e. The molecule has 3 nitrogen and oxygen atoms in total. The fourth-order valence-electron chi connectivity index (χ4n) is 2.35. The molecule has 116 valence electrons. The molecule has 0 aliphatic carbocycles. The van der Waals surface area contributed by atoms with Gasteiger partial charge in [0.05, 0.1) is 17.5 Å². The zero-order valence-corrected chi connectivity index (χ0v) is 13.0. The number of hydrogen-bond acceptors (Lipinski definition) is 3. The maximum absolute atomic E-state index is 13.0. The van der Waals surface area contributed by atoms with E-state index in [0.29, 0.717) is 0 Å². The summed E-state index contributed by atoms with van der Waals surface area (Å²) in [6, 6.07) is 18.1. The quantitative estimate of drug-likeness (QED) is 0.703. The highest BCUT2D eigenvalue weighted by Gasteiger charge is 2.07. The van der Waals surface area contributed by atoms with Crippen molar-refractivity contribution in [2.75, 3.05) is 7.11 Å². The third-order valence-corrected chi connectivity index (χ3v) is 3.81. The minimum atomic E-state index is -0.262. The van der Waals surface area contributed by atoms with Crippen molar-refractivity contribution in [1.82, 2.24) is 10.2 Å². The standard InChI is InChI=1S/C19H17FN2O/c1-13(23-2)15-4-3-5-16(12-15)19-11-10-18(21-22-19)14-6-8-17(20)9-7-14/h3-13H,1-2H3/t13-/m1/s1. The Balaban J connectivity index is 1.89. The second-order valence-electron chi connectivity index (χ2n) is 5.31. The van der Waals surface area contributed by atoms with E-state index in [2.05, 4.69) is 16.3 Å². The maximum atomic E-state index is 13.0. The van der Waals surface area contributed by atoms with Crippen molar-refractivity contribution in [1.29, 1.82) is 0 Å². The Labute approximate surface area is 134 Å². The third kappa shape index (κ3) is 3.43. The molecule has 3 aromatic rings. The second kappa shape index (κ2) is 6.67. The lowest BCUT2D eigenvalue weighted by Gasteiger charge is -2.11. The molecule has 1 heterocycles. The molecular formula is C19H17FN2O.